The maximum absolute atomic E-state index is 13.1. The highest BCUT2D eigenvalue weighted by Gasteiger charge is 2.34. The summed E-state index contributed by atoms with van der Waals surface area (Å²) in [5, 5.41) is 3.07. The van der Waals surface area contributed by atoms with Crippen LogP contribution in [0.25, 0.3) is 0 Å². The van der Waals surface area contributed by atoms with Crippen LogP contribution in [0.4, 0.5) is 18.9 Å². The van der Waals surface area contributed by atoms with E-state index in [0.29, 0.717) is 5.56 Å². The van der Waals surface area contributed by atoms with E-state index in [1.54, 1.807) is 6.92 Å². The van der Waals surface area contributed by atoms with Gasteiger partial charge >= 0.3 is 6.18 Å². The van der Waals surface area contributed by atoms with Crippen molar-refractivity contribution in [1.82, 2.24) is 0 Å². The Hall–Kier alpha value is -1.97. The quantitative estimate of drug-likeness (QED) is 0.828. The SMILES string of the molecule is Cc1[c]cc(C(F)(F)F)c(NC2CCc3ccccc32)c1. The van der Waals surface area contributed by atoms with Gasteiger partial charge < -0.3 is 5.32 Å². The van der Waals surface area contributed by atoms with Gasteiger partial charge in [0, 0.05) is 5.69 Å². The average Bonchev–Trinajstić information content (AvgIpc) is 2.81. The number of hydrogen-bond donors (Lipinski definition) is 1. The Bertz CT molecular complexity index is 661. The molecule has 0 bridgehead atoms. The fourth-order valence-corrected chi connectivity index (χ4v) is 2.85. The van der Waals surface area contributed by atoms with Crippen molar-refractivity contribution in [2.45, 2.75) is 32.0 Å². The van der Waals surface area contributed by atoms with Gasteiger partial charge in [-0.2, -0.15) is 13.2 Å². The first-order valence-electron chi connectivity index (χ1n) is 6.89. The minimum atomic E-state index is -4.37. The lowest BCUT2D eigenvalue weighted by atomic mass is 10.1. The van der Waals surface area contributed by atoms with Crippen molar-refractivity contribution in [3.8, 4) is 0 Å². The summed E-state index contributed by atoms with van der Waals surface area (Å²) < 4.78 is 39.3. The normalized spacial score (nSPS) is 17.6. The molecule has 109 valence electrons. The number of alkyl halides is 3. The topological polar surface area (TPSA) is 12.0 Å². The summed E-state index contributed by atoms with van der Waals surface area (Å²) in [6.07, 6.45) is -2.66. The number of anilines is 1. The maximum Gasteiger partial charge on any atom is 0.418 e. The first-order chi connectivity index (χ1) is 9.95. The monoisotopic (exact) mass is 290 g/mol. The zero-order valence-corrected chi connectivity index (χ0v) is 11.6. The van der Waals surface area contributed by atoms with E-state index >= 15 is 0 Å². The molecule has 0 amide bonds. The number of benzene rings is 2. The molecular formula is C17H15F3N. The van der Waals surface area contributed by atoms with Gasteiger partial charge in [-0.25, -0.2) is 0 Å². The highest BCUT2D eigenvalue weighted by molar-refractivity contribution is 5.56. The van der Waals surface area contributed by atoms with E-state index in [-0.39, 0.29) is 11.7 Å². The largest absolute Gasteiger partial charge is 0.418 e. The maximum atomic E-state index is 13.1. The van der Waals surface area contributed by atoms with Gasteiger partial charge in [-0.3, -0.25) is 0 Å². The molecule has 2 aromatic rings. The average molecular weight is 290 g/mol. The fraction of sp³-hybridized carbons (Fsp3) is 0.294. The highest BCUT2D eigenvalue weighted by Crippen LogP contribution is 2.39. The zero-order valence-electron chi connectivity index (χ0n) is 11.6. The van der Waals surface area contributed by atoms with E-state index < -0.39 is 11.7 Å². The van der Waals surface area contributed by atoms with Gasteiger partial charge in [-0.05, 0) is 54.7 Å². The Kier molecular flexibility index (Phi) is 3.40. The van der Waals surface area contributed by atoms with Gasteiger partial charge in [-0.1, -0.05) is 24.3 Å². The molecule has 0 fully saturated rings. The molecule has 0 heterocycles. The molecule has 2 aromatic carbocycles. The molecule has 21 heavy (non-hydrogen) atoms. The van der Waals surface area contributed by atoms with E-state index in [2.05, 4.69) is 11.4 Å². The summed E-state index contributed by atoms with van der Waals surface area (Å²) in [6.45, 7) is 1.74. The van der Waals surface area contributed by atoms with Gasteiger partial charge in [0.1, 0.15) is 0 Å². The summed E-state index contributed by atoms with van der Waals surface area (Å²) >= 11 is 0. The van der Waals surface area contributed by atoms with Crippen molar-refractivity contribution in [3.05, 3.63) is 64.7 Å². The number of hydrogen-bond acceptors (Lipinski definition) is 1. The second-order valence-electron chi connectivity index (χ2n) is 5.38. The molecular weight excluding hydrogens is 275 g/mol. The molecule has 1 atom stereocenters. The van der Waals surface area contributed by atoms with Crippen LogP contribution in [-0.4, -0.2) is 0 Å². The van der Waals surface area contributed by atoms with Gasteiger partial charge in [0.15, 0.2) is 0 Å². The summed E-state index contributed by atoms with van der Waals surface area (Å²) in [5.41, 5.74) is 2.48. The number of rotatable bonds is 2. The lowest BCUT2D eigenvalue weighted by Gasteiger charge is -2.20. The number of nitrogens with one attached hydrogen (secondary N) is 1. The Balaban J connectivity index is 1.94. The molecule has 1 nitrogen and oxygen atoms in total. The van der Waals surface area contributed by atoms with Crippen molar-refractivity contribution in [1.29, 1.82) is 0 Å². The van der Waals surface area contributed by atoms with E-state index in [1.807, 2.05) is 24.3 Å². The van der Waals surface area contributed by atoms with Crippen LogP contribution in [0.5, 0.6) is 0 Å². The van der Waals surface area contributed by atoms with Crippen LogP contribution >= 0.6 is 0 Å². The van der Waals surface area contributed by atoms with Crippen LogP contribution in [0.15, 0.2) is 36.4 Å². The Morgan fingerprint density at radius 1 is 1.24 bits per heavy atom. The predicted molar refractivity (Wildman–Crippen MR) is 76.1 cm³/mol. The van der Waals surface area contributed by atoms with Crippen LogP contribution in [0.2, 0.25) is 0 Å². The summed E-state index contributed by atoms with van der Waals surface area (Å²) in [5.74, 6) is 0. The van der Waals surface area contributed by atoms with Crippen LogP contribution in [0.3, 0.4) is 0 Å². The molecule has 1 N–H and O–H groups in total. The van der Waals surface area contributed by atoms with Crippen LogP contribution < -0.4 is 5.32 Å². The number of halogens is 3. The third-order valence-corrected chi connectivity index (χ3v) is 3.86. The standard InChI is InChI=1S/C17H15F3N/c1-11-6-8-14(17(18,19)20)16(10-11)21-15-9-7-12-4-2-3-5-13(12)15/h2-5,8,10,15,21H,7,9H2,1H3. The zero-order chi connectivity index (χ0) is 15.0. The minimum Gasteiger partial charge on any atom is -0.378 e. The fourth-order valence-electron chi connectivity index (χ4n) is 2.85. The molecule has 3 rings (SSSR count). The summed E-state index contributed by atoms with van der Waals surface area (Å²) in [6, 6.07) is 13.0. The number of aryl methyl sites for hydroxylation is 2. The smallest absolute Gasteiger partial charge is 0.378 e. The van der Waals surface area contributed by atoms with Gasteiger partial charge in [0.2, 0.25) is 0 Å². The van der Waals surface area contributed by atoms with Crippen molar-refractivity contribution in [2.75, 3.05) is 5.32 Å². The Morgan fingerprint density at radius 2 is 2.00 bits per heavy atom. The lowest BCUT2D eigenvalue weighted by molar-refractivity contribution is -0.137. The first kappa shape index (κ1) is 14.0. The second kappa shape index (κ2) is 5.10. The highest BCUT2D eigenvalue weighted by atomic mass is 19.4. The van der Waals surface area contributed by atoms with E-state index in [0.717, 1.165) is 24.5 Å². The van der Waals surface area contributed by atoms with Gasteiger partial charge in [-0.15, -0.1) is 0 Å². The third kappa shape index (κ3) is 2.75. The van der Waals surface area contributed by atoms with Crippen LogP contribution in [0, 0.1) is 13.0 Å². The van der Waals surface area contributed by atoms with Gasteiger partial charge in [0.05, 0.1) is 11.6 Å². The molecule has 1 unspecified atom stereocenters. The molecule has 0 aliphatic heterocycles. The molecule has 1 radical (unpaired) electrons. The molecule has 4 heteroatoms. The minimum absolute atomic E-state index is 0.0656. The summed E-state index contributed by atoms with van der Waals surface area (Å²) in [7, 11) is 0. The van der Waals surface area contributed by atoms with Gasteiger partial charge in [0.25, 0.3) is 0 Å². The first-order valence-corrected chi connectivity index (χ1v) is 6.89. The van der Waals surface area contributed by atoms with Crippen molar-refractivity contribution >= 4 is 5.69 Å². The van der Waals surface area contributed by atoms with E-state index in [9.17, 15) is 13.2 Å². The molecule has 0 aromatic heterocycles. The second-order valence-corrected chi connectivity index (χ2v) is 5.38. The molecule has 0 saturated heterocycles. The molecule has 0 saturated carbocycles. The number of fused-ring (bicyclic) bond motifs is 1. The molecule has 1 aliphatic rings. The van der Waals surface area contributed by atoms with Crippen LogP contribution in [-0.2, 0) is 12.6 Å². The van der Waals surface area contributed by atoms with Crippen molar-refractivity contribution in [3.63, 3.8) is 0 Å². The Morgan fingerprint density at radius 3 is 2.76 bits per heavy atom. The van der Waals surface area contributed by atoms with Crippen molar-refractivity contribution < 1.29 is 13.2 Å². The Labute approximate surface area is 121 Å². The lowest BCUT2D eigenvalue weighted by Crippen LogP contribution is -2.14. The van der Waals surface area contributed by atoms with Crippen LogP contribution in [0.1, 0.15) is 34.7 Å². The van der Waals surface area contributed by atoms with Crippen molar-refractivity contribution in [2.24, 2.45) is 0 Å². The predicted octanol–water partition coefficient (Wildman–Crippen LogP) is 4.91. The molecule has 1 aliphatic carbocycles. The van der Waals surface area contributed by atoms with E-state index in [4.69, 9.17) is 0 Å². The van der Waals surface area contributed by atoms with E-state index in [1.165, 1.54) is 11.6 Å². The molecule has 0 spiro atoms. The third-order valence-electron chi connectivity index (χ3n) is 3.86. The summed E-state index contributed by atoms with van der Waals surface area (Å²) in [4.78, 5) is 0.